The van der Waals surface area contributed by atoms with E-state index in [0.717, 1.165) is 0 Å². The average molecular weight is 230 g/mol. The normalized spacial score (nSPS) is 10.7. The van der Waals surface area contributed by atoms with Crippen LogP contribution >= 0.6 is 0 Å². The molecule has 0 heterocycles. The molecule has 15 heavy (non-hydrogen) atoms. The van der Waals surface area contributed by atoms with Crippen molar-refractivity contribution in [2.75, 3.05) is 0 Å². The minimum atomic E-state index is -4.91. The Bertz CT molecular complexity index is 375. The summed E-state index contributed by atoms with van der Waals surface area (Å²) in [5.41, 5.74) is -2.32. The molecule has 0 radical (unpaired) electrons. The number of carbonyl (C=O) groups excluding carboxylic acids is 1. The van der Waals surface area contributed by atoms with E-state index in [1.165, 1.54) is 0 Å². The Morgan fingerprint density at radius 3 is 2.20 bits per heavy atom. The second kappa shape index (κ2) is 4.96. The molecule has 0 spiro atoms. The smallest absolute Gasteiger partial charge is 0.545 e. The predicted molar refractivity (Wildman–Crippen MR) is 35.7 cm³/mol. The molecule has 0 atom stereocenters. The second-order valence-electron chi connectivity index (χ2n) is 2.48. The van der Waals surface area contributed by atoms with Crippen LogP contribution in [0.1, 0.15) is 15.9 Å². The molecule has 2 nitrogen and oxygen atoms in total. The maximum Gasteiger partial charge on any atom is 1.00 e. The minimum Gasteiger partial charge on any atom is -0.545 e. The Morgan fingerprint density at radius 1 is 1.27 bits per heavy atom. The third-order valence-electron chi connectivity index (χ3n) is 1.51. The Morgan fingerprint density at radius 2 is 1.80 bits per heavy atom. The van der Waals surface area contributed by atoms with Crippen molar-refractivity contribution in [3.8, 4) is 0 Å². The molecular weight excluding hydrogens is 227 g/mol. The van der Waals surface area contributed by atoms with Crippen molar-refractivity contribution >= 4 is 5.97 Å². The quantitative estimate of drug-likeness (QED) is 0.422. The van der Waals surface area contributed by atoms with Crippen molar-refractivity contribution in [2.45, 2.75) is 6.18 Å². The number of alkyl halides is 3. The SMILES string of the molecule is O=C([O-])c1ccc(F)c(C(F)(F)F)c1.[Na+]. The van der Waals surface area contributed by atoms with Gasteiger partial charge in [0.15, 0.2) is 0 Å². The molecule has 0 amide bonds. The third kappa shape index (κ3) is 3.48. The molecule has 1 rings (SSSR count). The fourth-order valence-electron chi connectivity index (χ4n) is 0.869. The summed E-state index contributed by atoms with van der Waals surface area (Å²) in [5, 5.41) is 10.2. The van der Waals surface area contributed by atoms with Crippen LogP contribution in [0.3, 0.4) is 0 Å². The van der Waals surface area contributed by atoms with Gasteiger partial charge in [0.1, 0.15) is 5.82 Å². The van der Waals surface area contributed by atoms with Gasteiger partial charge in [-0.15, -0.1) is 0 Å². The summed E-state index contributed by atoms with van der Waals surface area (Å²) in [4.78, 5) is 10.2. The van der Waals surface area contributed by atoms with Gasteiger partial charge in [0, 0.05) is 0 Å². The maximum absolute atomic E-state index is 12.6. The van der Waals surface area contributed by atoms with Crippen LogP contribution in [0.5, 0.6) is 0 Å². The van der Waals surface area contributed by atoms with Crippen LogP contribution in [0.15, 0.2) is 18.2 Å². The Kier molecular flexibility index (Phi) is 4.76. The van der Waals surface area contributed by atoms with Crippen molar-refractivity contribution < 1.29 is 57.0 Å². The number of benzene rings is 1. The zero-order valence-corrected chi connectivity index (χ0v) is 9.56. The number of rotatable bonds is 1. The molecule has 76 valence electrons. The van der Waals surface area contributed by atoms with Crippen LogP contribution in [-0.2, 0) is 6.18 Å². The molecule has 0 unspecified atom stereocenters. The first-order valence-corrected chi connectivity index (χ1v) is 3.40. The van der Waals surface area contributed by atoms with Crippen LogP contribution in [-0.4, -0.2) is 5.97 Å². The van der Waals surface area contributed by atoms with Gasteiger partial charge in [-0.05, 0) is 17.7 Å². The van der Waals surface area contributed by atoms with E-state index in [1.807, 2.05) is 0 Å². The molecule has 7 heteroatoms. The number of halogens is 4. The van der Waals surface area contributed by atoms with E-state index in [-0.39, 0.29) is 35.6 Å². The van der Waals surface area contributed by atoms with Crippen LogP contribution in [0.2, 0.25) is 0 Å². The van der Waals surface area contributed by atoms with Gasteiger partial charge in [-0.2, -0.15) is 13.2 Å². The summed E-state index contributed by atoms with van der Waals surface area (Å²) < 4.78 is 48.7. The summed E-state index contributed by atoms with van der Waals surface area (Å²) >= 11 is 0. The van der Waals surface area contributed by atoms with E-state index in [9.17, 15) is 27.5 Å². The Hall–Kier alpha value is -0.590. The van der Waals surface area contributed by atoms with Gasteiger partial charge in [-0.1, -0.05) is 6.07 Å². The summed E-state index contributed by atoms with van der Waals surface area (Å²) in [6.07, 6.45) is -4.91. The number of carbonyl (C=O) groups is 1. The fraction of sp³-hybridized carbons (Fsp3) is 0.125. The minimum absolute atomic E-state index is 0. The van der Waals surface area contributed by atoms with E-state index < -0.39 is 29.1 Å². The van der Waals surface area contributed by atoms with Crippen LogP contribution in [0.25, 0.3) is 0 Å². The maximum atomic E-state index is 12.6. The summed E-state index contributed by atoms with van der Waals surface area (Å²) in [7, 11) is 0. The Labute approximate surface area is 104 Å². The van der Waals surface area contributed by atoms with E-state index in [4.69, 9.17) is 0 Å². The van der Waals surface area contributed by atoms with Gasteiger partial charge in [0.2, 0.25) is 0 Å². The third-order valence-corrected chi connectivity index (χ3v) is 1.51. The number of hydrogen-bond donors (Lipinski definition) is 0. The van der Waals surface area contributed by atoms with Gasteiger partial charge >= 0.3 is 35.7 Å². The van der Waals surface area contributed by atoms with Crippen molar-refractivity contribution in [3.05, 3.63) is 35.1 Å². The monoisotopic (exact) mass is 230 g/mol. The molecule has 0 aromatic heterocycles. The number of aromatic carboxylic acids is 1. The number of carboxylic acids is 1. The molecule has 0 aliphatic carbocycles. The van der Waals surface area contributed by atoms with Gasteiger partial charge in [-0.25, -0.2) is 4.39 Å². The topological polar surface area (TPSA) is 40.1 Å². The first-order chi connectivity index (χ1) is 6.32. The molecule has 0 aliphatic heterocycles. The van der Waals surface area contributed by atoms with Crippen molar-refractivity contribution in [1.29, 1.82) is 0 Å². The molecule has 1 aromatic carbocycles. The van der Waals surface area contributed by atoms with E-state index in [0.29, 0.717) is 12.1 Å². The molecular formula is C8H3F4NaO2. The number of hydrogen-bond acceptors (Lipinski definition) is 2. The molecule has 0 bridgehead atoms. The van der Waals surface area contributed by atoms with Crippen LogP contribution in [0.4, 0.5) is 17.6 Å². The van der Waals surface area contributed by atoms with Gasteiger partial charge in [0.25, 0.3) is 0 Å². The zero-order chi connectivity index (χ0) is 10.9. The molecule has 0 aliphatic rings. The number of carboxylic acid groups (broad SMARTS) is 1. The molecule has 0 N–H and O–H groups in total. The van der Waals surface area contributed by atoms with E-state index in [2.05, 4.69) is 0 Å². The molecule has 1 aromatic rings. The van der Waals surface area contributed by atoms with Gasteiger partial charge < -0.3 is 9.90 Å². The summed E-state index contributed by atoms with van der Waals surface area (Å²) in [6.45, 7) is 0. The molecule has 0 saturated heterocycles. The first kappa shape index (κ1) is 14.4. The summed E-state index contributed by atoms with van der Waals surface area (Å²) in [5.74, 6) is -3.29. The van der Waals surface area contributed by atoms with E-state index >= 15 is 0 Å². The van der Waals surface area contributed by atoms with Crippen molar-refractivity contribution in [3.63, 3.8) is 0 Å². The fourth-order valence-corrected chi connectivity index (χ4v) is 0.869. The summed E-state index contributed by atoms with van der Waals surface area (Å²) in [6, 6.07) is 1.35. The Balaban J connectivity index is 0.00000196. The van der Waals surface area contributed by atoms with Gasteiger partial charge in [-0.3, -0.25) is 0 Å². The largest absolute Gasteiger partial charge is 1.00 e. The van der Waals surface area contributed by atoms with Crippen LogP contribution < -0.4 is 34.7 Å². The van der Waals surface area contributed by atoms with Crippen molar-refractivity contribution in [2.24, 2.45) is 0 Å². The van der Waals surface area contributed by atoms with E-state index in [1.54, 1.807) is 0 Å². The molecule has 0 saturated carbocycles. The van der Waals surface area contributed by atoms with Gasteiger partial charge in [0.05, 0.1) is 11.5 Å². The standard InChI is InChI=1S/C8H4F4O2.Na/c9-6-2-1-4(7(13)14)3-5(6)8(10,11)12;/h1-3H,(H,13,14);/q;+1/p-1. The molecule has 0 fully saturated rings. The average Bonchev–Trinajstić information content (AvgIpc) is 2.02. The zero-order valence-electron chi connectivity index (χ0n) is 7.56. The van der Waals surface area contributed by atoms with Crippen LogP contribution in [0, 0.1) is 5.82 Å². The van der Waals surface area contributed by atoms with Crippen molar-refractivity contribution in [1.82, 2.24) is 0 Å². The predicted octanol–water partition coefficient (Wildman–Crippen LogP) is -1.79. The second-order valence-corrected chi connectivity index (χ2v) is 2.48. The first-order valence-electron chi connectivity index (χ1n) is 3.40.